The Balaban J connectivity index is 2.88. The largest absolute Gasteiger partial charge is 0.508 e. The molecule has 1 aromatic carbocycles. The lowest BCUT2D eigenvalue weighted by Gasteiger charge is -2.07. The Morgan fingerprint density at radius 2 is 2.15 bits per heavy atom. The summed E-state index contributed by atoms with van der Waals surface area (Å²) in [4.78, 5) is 0. The van der Waals surface area contributed by atoms with Gasteiger partial charge in [-0.2, -0.15) is 0 Å². The van der Waals surface area contributed by atoms with Gasteiger partial charge in [-0.15, -0.1) is 0 Å². The van der Waals surface area contributed by atoms with Gasteiger partial charge in [-0.25, -0.2) is 0 Å². The van der Waals surface area contributed by atoms with Crippen LogP contribution in [0, 0.1) is 6.92 Å². The molecule has 0 atom stereocenters. The molecular formula is C10H14ClNO. The molecule has 0 bridgehead atoms. The maximum absolute atomic E-state index is 9.54. The van der Waals surface area contributed by atoms with E-state index in [0.717, 1.165) is 17.7 Å². The highest BCUT2D eigenvalue weighted by Gasteiger charge is 2.03. The van der Waals surface area contributed by atoms with Gasteiger partial charge in [0.15, 0.2) is 0 Å². The molecule has 13 heavy (non-hydrogen) atoms. The van der Waals surface area contributed by atoms with Crippen LogP contribution in [0.1, 0.15) is 18.1 Å². The van der Waals surface area contributed by atoms with E-state index in [2.05, 4.69) is 5.32 Å². The lowest BCUT2D eigenvalue weighted by atomic mass is 10.1. The SMILES string of the molecule is CCNCc1cc(Cl)c(C)cc1O. The van der Waals surface area contributed by atoms with Gasteiger partial charge in [-0.3, -0.25) is 0 Å². The minimum absolute atomic E-state index is 0.308. The van der Waals surface area contributed by atoms with Crippen LogP contribution in [0.2, 0.25) is 5.02 Å². The Morgan fingerprint density at radius 1 is 1.46 bits per heavy atom. The van der Waals surface area contributed by atoms with E-state index in [0.29, 0.717) is 17.3 Å². The fraction of sp³-hybridized carbons (Fsp3) is 0.400. The first-order chi connectivity index (χ1) is 6.15. The zero-order valence-electron chi connectivity index (χ0n) is 7.89. The molecule has 0 saturated carbocycles. The third kappa shape index (κ3) is 2.61. The van der Waals surface area contributed by atoms with Gasteiger partial charge in [-0.05, 0) is 31.2 Å². The lowest BCUT2D eigenvalue weighted by molar-refractivity contribution is 0.464. The van der Waals surface area contributed by atoms with E-state index in [4.69, 9.17) is 11.6 Å². The fourth-order valence-corrected chi connectivity index (χ4v) is 1.29. The van der Waals surface area contributed by atoms with Crippen molar-refractivity contribution in [3.8, 4) is 5.75 Å². The van der Waals surface area contributed by atoms with Crippen molar-refractivity contribution < 1.29 is 5.11 Å². The summed E-state index contributed by atoms with van der Waals surface area (Å²) in [6.45, 7) is 5.43. The Labute approximate surface area is 83.5 Å². The molecule has 1 rings (SSSR count). The van der Waals surface area contributed by atoms with E-state index >= 15 is 0 Å². The number of rotatable bonds is 3. The van der Waals surface area contributed by atoms with Gasteiger partial charge < -0.3 is 10.4 Å². The summed E-state index contributed by atoms with van der Waals surface area (Å²) in [6, 6.07) is 3.49. The molecule has 0 amide bonds. The van der Waals surface area contributed by atoms with Gasteiger partial charge in [0.05, 0.1) is 0 Å². The number of aromatic hydroxyl groups is 1. The molecule has 3 heteroatoms. The molecule has 2 N–H and O–H groups in total. The van der Waals surface area contributed by atoms with Gasteiger partial charge in [-0.1, -0.05) is 18.5 Å². The number of hydrogen-bond acceptors (Lipinski definition) is 2. The van der Waals surface area contributed by atoms with Gasteiger partial charge in [0.2, 0.25) is 0 Å². The highest BCUT2D eigenvalue weighted by Crippen LogP contribution is 2.25. The summed E-state index contributed by atoms with van der Waals surface area (Å²) in [5, 5.41) is 13.4. The average Bonchev–Trinajstić information content (AvgIpc) is 2.09. The van der Waals surface area contributed by atoms with Crippen LogP contribution in [0.3, 0.4) is 0 Å². The second-order valence-electron chi connectivity index (χ2n) is 3.01. The van der Waals surface area contributed by atoms with Gasteiger partial charge in [0.1, 0.15) is 5.75 Å². The van der Waals surface area contributed by atoms with Gasteiger partial charge in [0.25, 0.3) is 0 Å². The predicted octanol–water partition coefficient (Wildman–Crippen LogP) is 2.46. The highest BCUT2D eigenvalue weighted by molar-refractivity contribution is 6.31. The monoisotopic (exact) mass is 199 g/mol. The van der Waals surface area contributed by atoms with E-state index in [9.17, 15) is 5.11 Å². The van der Waals surface area contributed by atoms with E-state index in [1.54, 1.807) is 12.1 Å². The Kier molecular flexibility index (Phi) is 3.58. The Morgan fingerprint density at radius 3 is 2.77 bits per heavy atom. The molecule has 2 nitrogen and oxygen atoms in total. The van der Waals surface area contributed by atoms with Crippen molar-refractivity contribution in [2.24, 2.45) is 0 Å². The summed E-state index contributed by atoms with van der Waals surface area (Å²) < 4.78 is 0. The quantitative estimate of drug-likeness (QED) is 0.784. The van der Waals surface area contributed by atoms with Crippen LogP contribution in [0.25, 0.3) is 0 Å². The van der Waals surface area contributed by atoms with E-state index < -0.39 is 0 Å². The molecule has 72 valence electrons. The summed E-state index contributed by atoms with van der Waals surface area (Å²) in [5.41, 5.74) is 1.75. The maximum Gasteiger partial charge on any atom is 0.120 e. The van der Waals surface area contributed by atoms with Crippen LogP contribution in [-0.2, 0) is 6.54 Å². The zero-order valence-corrected chi connectivity index (χ0v) is 8.65. The standard InChI is InChI=1S/C10H14ClNO/c1-3-12-6-8-5-9(11)7(2)4-10(8)13/h4-5,12-13H,3,6H2,1-2H3. The average molecular weight is 200 g/mol. The number of benzene rings is 1. The first kappa shape index (κ1) is 10.4. The first-order valence-corrected chi connectivity index (χ1v) is 4.71. The minimum Gasteiger partial charge on any atom is -0.508 e. The number of nitrogens with one attached hydrogen (secondary N) is 1. The molecule has 0 spiro atoms. The second kappa shape index (κ2) is 4.49. The summed E-state index contributed by atoms with van der Waals surface area (Å²) in [6.07, 6.45) is 0. The third-order valence-corrected chi connectivity index (χ3v) is 2.33. The van der Waals surface area contributed by atoms with Gasteiger partial charge in [0, 0.05) is 17.1 Å². The van der Waals surface area contributed by atoms with Crippen LogP contribution in [-0.4, -0.2) is 11.7 Å². The Hall–Kier alpha value is -0.730. The summed E-state index contributed by atoms with van der Waals surface area (Å²) in [7, 11) is 0. The fourth-order valence-electron chi connectivity index (χ4n) is 1.11. The molecule has 0 aliphatic heterocycles. The number of phenolic OH excluding ortho intramolecular Hbond substituents is 1. The van der Waals surface area contributed by atoms with Crippen molar-refractivity contribution in [3.63, 3.8) is 0 Å². The second-order valence-corrected chi connectivity index (χ2v) is 3.42. The van der Waals surface area contributed by atoms with Gasteiger partial charge >= 0.3 is 0 Å². The number of aryl methyl sites for hydroxylation is 1. The predicted molar refractivity (Wildman–Crippen MR) is 55.2 cm³/mol. The molecule has 0 fully saturated rings. The topological polar surface area (TPSA) is 32.3 Å². The van der Waals surface area contributed by atoms with Crippen molar-refractivity contribution >= 4 is 11.6 Å². The Bertz CT molecular complexity index is 299. The van der Waals surface area contributed by atoms with Crippen molar-refractivity contribution in [1.29, 1.82) is 0 Å². The normalized spacial score (nSPS) is 10.4. The summed E-state index contributed by atoms with van der Waals surface area (Å²) >= 11 is 5.93. The third-order valence-electron chi connectivity index (χ3n) is 1.93. The molecule has 1 aromatic rings. The van der Waals surface area contributed by atoms with Crippen LogP contribution in [0.5, 0.6) is 5.75 Å². The van der Waals surface area contributed by atoms with E-state index in [1.807, 2.05) is 13.8 Å². The summed E-state index contributed by atoms with van der Waals surface area (Å²) in [5.74, 6) is 0.308. The molecule has 0 radical (unpaired) electrons. The van der Waals surface area contributed by atoms with E-state index in [1.165, 1.54) is 0 Å². The van der Waals surface area contributed by atoms with Crippen LogP contribution < -0.4 is 5.32 Å². The van der Waals surface area contributed by atoms with E-state index in [-0.39, 0.29) is 0 Å². The number of hydrogen-bond donors (Lipinski definition) is 2. The molecule has 0 aliphatic carbocycles. The van der Waals surface area contributed by atoms with Crippen molar-refractivity contribution in [2.45, 2.75) is 20.4 Å². The smallest absolute Gasteiger partial charge is 0.120 e. The maximum atomic E-state index is 9.54. The zero-order chi connectivity index (χ0) is 9.84. The molecule has 0 aromatic heterocycles. The van der Waals surface area contributed by atoms with Crippen LogP contribution in [0.4, 0.5) is 0 Å². The molecule has 0 aliphatic rings. The molecule has 0 heterocycles. The van der Waals surface area contributed by atoms with Crippen LogP contribution >= 0.6 is 11.6 Å². The van der Waals surface area contributed by atoms with Crippen molar-refractivity contribution in [3.05, 3.63) is 28.3 Å². The molecular weight excluding hydrogens is 186 g/mol. The number of phenols is 1. The minimum atomic E-state index is 0.308. The molecule has 0 saturated heterocycles. The molecule has 0 unspecified atom stereocenters. The van der Waals surface area contributed by atoms with Crippen LogP contribution in [0.15, 0.2) is 12.1 Å². The van der Waals surface area contributed by atoms with Crippen molar-refractivity contribution in [1.82, 2.24) is 5.32 Å². The lowest BCUT2D eigenvalue weighted by Crippen LogP contribution is -2.11. The van der Waals surface area contributed by atoms with Crippen molar-refractivity contribution in [2.75, 3.05) is 6.54 Å². The number of halogens is 1. The first-order valence-electron chi connectivity index (χ1n) is 4.34. The highest BCUT2D eigenvalue weighted by atomic mass is 35.5.